The molecule has 2 heterocycles. The summed E-state index contributed by atoms with van der Waals surface area (Å²) in [5.41, 5.74) is 1.51. The highest BCUT2D eigenvalue weighted by Crippen LogP contribution is 2.28. The zero-order valence-electron chi connectivity index (χ0n) is 14.9. The number of ether oxygens (including phenoxy) is 1. The van der Waals surface area contributed by atoms with E-state index >= 15 is 0 Å². The molecule has 2 saturated heterocycles. The van der Waals surface area contributed by atoms with Gasteiger partial charge in [-0.25, -0.2) is 14.5 Å². The molecular formula is C18H21N3O5. The van der Waals surface area contributed by atoms with Crippen molar-refractivity contribution in [1.29, 1.82) is 0 Å². The van der Waals surface area contributed by atoms with Gasteiger partial charge in [0.2, 0.25) is 0 Å². The van der Waals surface area contributed by atoms with Crippen molar-refractivity contribution in [2.24, 2.45) is 0 Å². The molecule has 2 atom stereocenters. The van der Waals surface area contributed by atoms with Crippen LogP contribution in [0.5, 0.6) is 0 Å². The number of benzene rings is 1. The Morgan fingerprint density at radius 1 is 1.19 bits per heavy atom. The molecule has 0 saturated carbocycles. The standard InChI is InChI=1S/C18H21N3O5/c1-10(2)11-4-6-12(7-5-11)21-15(22)14-13(19-18(21)25)8-9-20(14)16(23)17(24)26-3/h4-7,10,13-14H,8-9H2,1-3H3,(H,19,25)/t13-,14+/m1/s1. The highest BCUT2D eigenvalue weighted by molar-refractivity contribution is 6.33. The lowest BCUT2D eigenvalue weighted by atomic mass is 10.0. The van der Waals surface area contributed by atoms with Gasteiger partial charge in [0.05, 0.1) is 18.8 Å². The quantitative estimate of drug-likeness (QED) is 0.628. The number of esters is 1. The molecule has 0 aliphatic carbocycles. The largest absolute Gasteiger partial charge is 0.462 e. The first-order valence-electron chi connectivity index (χ1n) is 8.48. The van der Waals surface area contributed by atoms with Crippen molar-refractivity contribution in [3.63, 3.8) is 0 Å². The van der Waals surface area contributed by atoms with Crippen LogP contribution in [-0.2, 0) is 19.1 Å². The highest BCUT2D eigenvalue weighted by atomic mass is 16.5. The van der Waals surface area contributed by atoms with E-state index in [-0.39, 0.29) is 6.54 Å². The van der Waals surface area contributed by atoms with Crippen LogP contribution >= 0.6 is 0 Å². The average Bonchev–Trinajstić information content (AvgIpc) is 3.04. The van der Waals surface area contributed by atoms with Crippen LogP contribution in [0.4, 0.5) is 10.5 Å². The number of hydrogen-bond acceptors (Lipinski definition) is 5. The Bertz CT molecular complexity index is 759. The number of carbonyl (C=O) groups excluding carboxylic acids is 4. The minimum absolute atomic E-state index is 0.204. The number of methoxy groups -OCH3 is 1. The SMILES string of the molecule is COC(=O)C(=O)N1CC[C@H]2NC(=O)N(c3ccc(C(C)C)cc3)C(=O)[C@H]21. The summed E-state index contributed by atoms with van der Waals surface area (Å²) >= 11 is 0. The van der Waals surface area contributed by atoms with Gasteiger partial charge in [-0.1, -0.05) is 26.0 Å². The summed E-state index contributed by atoms with van der Waals surface area (Å²) < 4.78 is 4.47. The lowest BCUT2D eigenvalue weighted by Gasteiger charge is -2.36. The summed E-state index contributed by atoms with van der Waals surface area (Å²) in [6.07, 6.45) is 0.408. The van der Waals surface area contributed by atoms with Crippen LogP contribution in [0.3, 0.4) is 0 Å². The van der Waals surface area contributed by atoms with Crippen molar-refractivity contribution in [2.45, 2.75) is 38.3 Å². The Morgan fingerprint density at radius 2 is 1.85 bits per heavy atom. The summed E-state index contributed by atoms with van der Waals surface area (Å²) in [7, 11) is 1.11. The van der Waals surface area contributed by atoms with Gasteiger partial charge in [-0.05, 0) is 30.0 Å². The summed E-state index contributed by atoms with van der Waals surface area (Å²) in [5, 5.41) is 2.76. The van der Waals surface area contributed by atoms with Crippen molar-refractivity contribution >= 4 is 29.5 Å². The van der Waals surface area contributed by atoms with Crippen molar-refractivity contribution in [2.75, 3.05) is 18.6 Å². The maximum atomic E-state index is 13.0. The van der Waals surface area contributed by atoms with Gasteiger partial charge in [0.1, 0.15) is 6.04 Å². The van der Waals surface area contributed by atoms with Gasteiger partial charge in [-0.3, -0.25) is 9.59 Å². The Labute approximate surface area is 151 Å². The molecule has 0 aromatic heterocycles. The van der Waals surface area contributed by atoms with E-state index in [1.54, 1.807) is 12.1 Å². The van der Waals surface area contributed by atoms with E-state index in [0.717, 1.165) is 17.6 Å². The molecular weight excluding hydrogens is 338 g/mol. The fraction of sp³-hybridized carbons (Fsp3) is 0.444. The van der Waals surface area contributed by atoms with Crippen molar-refractivity contribution in [3.8, 4) is 0 Å². The van der Waals surface area contributed by atoms with Crippen LogP contribution in [0.1, 0.15) is 31.7 Å². The molecule has 3 rings (SSSR count). The highest BCUT2D eigenvalue weighted by Gasteiger charge is 2.51. The molecule has 4 amide bonds. The number of rotatable bonds is 2. The van der Waals surface area contributed by atoms with Gasteiger partial charge < -0.3 is 15.0 Å². The van der Waals surface area contributed by atoms with Crippen LogP contribution < -0.4 is 10.2 Å². The number of carbonyl (C=O) groups is 4. The smallest absolute Gasteiger partial charge is 0.396 e. The topological polar surface area (TPSA) is 96.0 Å². The molecule has 0 radical (unpaired) electrons. The van der Waals surface area contributed by atoms with Gasteiger partial charge >= 0.3 is 17.9 Å². The second-order valence-corrected chi connectivity index (χ2v) is 6.70. The molecule has 2 aliphatic heterocycles. The van der Waals surface area contributed by atoms with Crippen molar-refractivity contribution < 1.29 is 23.9 Å². The van der Waals surface area contributed by atoms with Crippen LogP contribution in [0.2, 0.25) is 0 Å². The van der Waals surface area contributed by atoms with Crippen molar-refractivity contribution in [3.05, 3.63) is 29.8 Å². The van der Waals surface area contributed by atoms with Gasteiger partial charge in [0, 0.05) is 6.54 Å². The number of likely N-dealkylation sites (tertiary alicyclic amines) is 1. The third-order valence-electron chi connectivity index (χ3n) is 4.82. The van der Waals surface area contributed by atoms with E-state index in [0.29, 0.717) is 18.0 Å². The lowest BCUT2D eigenvalue weighted by Crippen LogP contribution is -2.65. The van der Waals surface area contributed by atoms with Gasteiger partial charge in [-0.2, -0.15) is 0 Å². The minimum atomic E-state index is -1.02. The summed E-state index contributed by atoms with van der Waals surface area (Å²) in [6, 6.07) is 5.18. The molecule has 0 bridgehead atoms. The molecule has 2 aliphatic rings. The molecule has 1 aromatic rings. The molecule has 0 spiro atoms. The normalized spacial score (nSPS) is 22.3. The Balaban J connectivity index is 1.89. The van der Waals surface area contributed by atoms with E-state index in [1.165, 1.54) is 4.90 Å². The molecule has 1 aromatic carbocycles. The average molecular weight is 359 g/mol. The lowest BCUT2D eigenvalue weighted by molar-refractivity contribution is -0.159. The van der Waals surface area contributed by atoms with E-state index in [4.69, 9.17) is 0 Å². The molecule has 1 N–H and O–H groups in total. The predicted molar refractivity (Wildman–Crippen MR) is 92.5 cm³/mol. The second-order valence-electron chi connectivity index (χ2n) is 6.70. The molecule has 2 fully saturated rings. The third-order valence-corrected chi connectivity index (χ3v) is 4.82. The second kappa shape index (κ2) is 6.78. The van der Waals surface area contributed by atoms with Crippen LogP contribution in [0, 0.1) is 0 Å². The van der Waals surface area contributed by atoms with E-state index in [9.17, 15) is 19.2 Å². The van der Waals surface area contributed by atoms with Gasteiger partial charge in [0.25, 0.3) is 5.91 Å². The number of nitrogens with one attached hydrogen (secondary N) is 1. The third kappa shape index (κ3) is 2.91. The zero-order chi connectivity index (χ0) is 19.0. The van der Waals surface area contributed by atoms with Crippen LogP contribution in [0.15, 0.2) is 24.3 Å². The van der Waals surface area contributed by atoms with Gasteiger partial charge in [0.15, 0.2) is 0 Å². The molecule has 138 valence electrons. The fourth-order valence-electron chi connectivity index (χ4n) is 3.39. The maximum Gasteiger partial charge on any atom is 0.396 e. The Kier molecular flexibility index (Phi) is 4.67. The van der Waals surface area contributed by atoms with E-state index < -0.39 is 35.9 Å². The first kappa shape index (κ1) is 17.9. The van der Waals surface area contributed by atoms with E-state index in [2.05, 4.69) is 10.1 Å². The number of anilines is 1. The minimum Gasteiger partial charge on any atom is -0.462 e. The monoisotopic (exact) mass is 359 g/mol. The first-order valence-corrected chi connectivity index (χ1v) is 8.48. The number of amides is 4. The number of hydrogen-bond donors (Lipinski definition) is 1. The Morgan fingerprint density at radius 3 is 2.42 bits per heavy atom. The summed E-state index contributed by atoms with van der Waals surface area (Å²) in [4.78, 5) is 51.4. The Hall–Kier alpha value is -2.90. The van der Waals surface area contributed by atoms with Crippen LogP contribution in [0.25, 0.3) is 0 Å². The molecule has 8 nitrogen and oxygen atoms in total. The maximum absolute atomic E-state index is 13.0. The fourth-order valence-corrected chi connectivity index (χ4v) is 3.39. The van der Waals surface area contributed by atoms with Gasteiger partial charge in [-0.15, -0.1) is 0 Å². The molecule has 0 unspecified atom stereocenters. The summed E-state index contributed by atoms with van der Waals surface area (Å²) in [6.45, 7) is 4.30. The van der Waals surface area contributed by atoms with Crippen molar-refractivity contribution in [1.82, 2.24) is 10.2 Å². The first-order chi connectivity index (χ1) is 12.3. The predicted octanol–water partition coefficient (Wildman–Crippen LogP) is 1.01. The molecule has 26 heavy (non-hydrogen) atoms. The van der Waals surface area contributed by atoms with Crippen LogP contribution in [-0.4, -0.2) is 54.5 Å². The number of imide groups is 1. The number of urea groups is 1. The zero-order valence-corrected chi connectivity index (χ0v) is 14.9. The molecule has 8 heteroatoms. The number of fused-ring (bicyclic) bond motifs is 1. The van der Waals surface area contributed by atoms with E-state index in [1.807, 2.05) is 26.0 Å². The summed E-state index contributed by atoms with van der Waals surface area (Å²) in [5.74, 6) is -2.10. The number of nitrogens with zero attached hydrogens (tertiary/aromatic N) is 2.